The molecule has 1 aromatic carbocycles. The normalized spacial score (nSPS) is 10.4. The number of hydrogen-bond donors (Lipinski definition) is 2. The van der Waals surface area contributed by atoms with Crippen LogP contribution in [0.15, 0.2) is 18.2 Å². The number of carbonyl (C=O) groups is 2. The molecule has 8 heteroatoms. The van der Waals surface area contributed by atoms with E-state index in [0.717, 1.165) is 11.3 Å². The minimum atomic E-state index is -1.04. The SMILES string of the molecule is Cc1nc(CC(=O)Nc2ccc(Cl)c(Cl)c2)sc1C(=O)O. The predicted molar refractivity (Wildman–Crippen MR) is 82.6 cm³/mol. The van der Waals surface area contributed by atoms with Crippen molar-refractivity contribution in [1.82, 2.24) is 4.98 Å². The highest BCUT2D eigenvalue weighted by atomic mass is 35.5. The molecular weight excluding hydrogens is 335 g/mol. The van der Waals surface area contributed by atoms with E-state index in [-0.39, 0.29) is 17.2 Å². The number of benzene rings is 1. The molecule has 0 aliphatic heterocycles. The minimum absolute atomic E-state index is 0.000960. The summed E-state index contributed by atoms with van der Waals surface area (Å²) in [6.07, 6.45) is -0.000960. The highest BCUT2D eigenvalue weighted by molar-refractivity contribution is 7.13. The fourth-order valence-electron chi connectivity index (χ4n) is 1.64. The van der Waals surface area contributed by atoms with Crippen molar-refractivity contribution in [3.8, 4) is 0 Å². The summed E-state index contributed by atoms with van der Waals surface area (Å²) in [7, 11) is 0. The van der Waals surface area contributed by atoms with Crippen LogP contribution in [0.3, 0.4) is 0 Å². The number of anilines is 1. The Balaban J connectivity index is 2.06. The lowest BCUT2D eigenvalue weighted by Crippen LogP contribution is -2.14. The maximum absolute atomic E-state index is 11.9. The van der Waals surface area contributed by atoms with Crippen LogP contribution in [0.1, 0.15) is 20.4 Å². The zero-order chi connectivity index (χ0) is 15.6. The van der Waals surface area contributed by atoms with E-state index >= 15 is 0 Å². The number of aromatic nitrogens is 1. The number of thiazole rings is 1. The van der Waals surface area contributed by atoms with Crippen LogP contribution in [-0.4, -0.2) is 22.0 Å². The summed E-state index contributed by atoms with van der Waals surface area (Å²) in [5.41, 5.74) is 0.922. The molecular formula is C13H10Cl2N2O3S. The van der Waals surface area contributed by atoms with Crippen molar-refractivity contribution in [2.24, 2.45) is 0 Å². The van der Waals surface area contributed by atoms with Crippen LogP contribution in [0.2, 0.25) is 10.0 Å². The molecule has 5 nitrogen and oxygen atoms in total. The van der Waals surface area contributed by atoms with Gasteiger partial charge in [-0.25, -0.2) is 9.78 Å². The molecule has 2 N–H and O–H groups in total. The third kappa shape index (κ3) is 3.93. The van der Waals surface area contributed by atoms with Crippen molar-refractivity contribution in [2.75, 3.05) is 5.32 Å². The number of aryl methyl sites for hydroxylation is 1. The van der Waals surface area contributed by atoms with E-state index in [4.69, 9.17) is 28.3 Å². The number of carbonyl (C=O) groups excluding carboxylic acids is 1. The molecule has 1 amide bonds. The molecule has 0 saturated carbocycles. The van der Waals surface area contributed by atoms with E-state index in [0.29, 0.717) is 26.4 Å². The Kier molecular flexibility index (Phi) is 4.82. The number of rotatable bonds is 4. The summed E-state index contributed by atoms with van der Waals surface area (Å²) in [5, 5.41) is 12.8. The van der Waals surface area contributed by atoms with E-state index in [9.17, 15) is 9.59 Å². The molecule has 110 valence electrons. The fraction of sp³-hybridized carbons (Fsp3) is 0.154. The van der Waals surface area contributed by atoms with Gasteiger partial charge in [-0.3, -0.25) is 4.79 Å². The van der Waals surface area contributed by atoms with Crippen molar-refractivity contribution in [3.05, 3.63) is 43.8 Å². The number of nitrogens with zero attached hydrogens (tertiary/aromatic N) is 1. The van der Waals surface area contributed by atoms with Crippen LogP contribution in [0.25, 0.3) is 0 Å². The average molecular weight is 345 g/mol. The summed E-state index contributed by atoms with van der Waals surface area (Å²) in [5.74, 6) is -1.35. The van der Waals surface area contributed by atoms with Crippen LogP contribution in [0.4, 0.5) is 5.69 Å². The van der Waals surface area contributed by atoms with Crippen LogP contribution >= 0.6 is 34.5 Å². The van der Waals surface area contributed by atoms with Crippen LogP contribution in [0.5, 0.6) is 0 Å². The van der Waals surface area contributed by atoms with Crippen molar-refractivity contribution < 1.29 is 14.7 Å². The zero-order valence-electron chi connectivity index (χ0n) is 10.8. The molecule has 0 fully saturated rings. The highest BCUT2D eigenvalue weighted by Crippen LogP contribution is 2.25. The van der Waals surface area contributed by atoms with E-state index < -0.39 is 5.97 Å². The first-order valence-electron chi connectivity index (χ1n) is 5.81. The Labute approximate surface area is 134 Å². The predicted octanol–water partition coefficient (Wildman–Crippen LogP) is 3.64. The van der Waals surface area contributed by atoms with Gasteiger partial charge < -0.3 is 10.4 Å². The third-order valence-electron chi connectivity index (χ3n) is 2.55. The minimum Gasteiger partial charge on any atom is -0.477 e. The number of amides is 1. The lowest BCUT2D eigenvalue weighted by molar-refractivity contribution is -0.115. The molecule has 1 heterocycles. The number of hydrogen-bond acceptors (Lipinski definition) is 4. The summed E-state index contributed by atoms with van der Waals surface area (Å²) in [6.45, 7) is 1.60. The Hall–Kier alpha value is -1.63. The first kappa shape index (κ1) is 15.8. The van der Waals surface area contributed by atoms with Gasteiger partial charge in [-0.2, -0.15) is 0 Å². The Morgan fingerprint density at radius 1 is 1.33 bits per heavy atom. The first-order chi connectivity index (χ1) is 9.86. The van der Waals surface area contributed by atoms with Gasteiger partial charge in [-0.15, -0.1) is 11.3 Å². The van der Waals surface area contributed by atoms with Gasteiger partial charge in [0.25, 0.3) is 0 Å². The Morgan fingerprint density at radius 3 is 2.62 bits per heavy atom. The second-order valence-electron chi connectivity index (χ2n) is 4.18. The van der Waals surface area contributed by atoms with Crippen LogP contribution in [-0.2, 0) is 11.2 Å². The number of nitrogens with one attached hydrogen (secondary N) is 1. The molecule has 0 saturated heterocycles. The van der Waals surface area contributed by atoms with E-state index in [2.05, 4.69) is 10.3 Å². The summed E-state index contributed by atoms with van der Waals surface area (Å²) in [4.78, 5) is 27.0. The van der Waals surface area contributed by atoms with Crippen molar-refractivity contribution in [1.29, 1.82) is 0 Å². The monoisotopic (exact) mass is 344 g/mol. The molecule has 0 spiro atoms. The largest absolute Gasteiger partial charge is 0.477 e. The molecule has 0 bridgehead atoms. The van der Waals surface area contributed by atoms with Crippen molar-refractivity contribution >= 4 is 52.1 Å². The van der Waals surface area contributed by atoms with Crippen LogP contribution < -0.4 is 5.32 Å². The molecule has 0 atom stereocenters. The van der Waals surface area contributed by atoms with Gasteiger partial charge in [0.1, 0.15) is 9.88 Å². The van der Waals surface area contributed by atoms with E-state index in [1.807, 2.05) is 0 Å². The zero-order valence-corrected chi connectivity index (χ0v) is 13.1. The highest BCUT2D eigenvalue weighted by Gasteiger charge is 2.16. The van der Waals surface area contributed by atoms with Gasteiger partial charge in [0, 0.05) is 5.69 Å². The summed E-state index contributed by atoms with van der Waals surface area (Å²) < 4.78 is 0. The fourth-order valence-corrected chi connectivity index (χ4v) is 2.84. The molecule has 0 aliphatic carbocycles. The van der Waals surface area contributed by atoms with Gasteiger partial charge in [0.15, 0.2) is 0 Å². The number of carboxylic acids is 1. The molecule has 21 heavy (non-hydrogen) atoms. The molecule has 1 aromatic heterocycles. The first-order valence-corrected chi connectivity index (χ1v) is 7.38. The van der Waals surface area contributed by atoms with Crippen LogP contribution in [0, 0.1) is 6.92 Å². The van der Waals surface area contributed by atoms with Gasteiger partial charge >= 0.3 is 5.97 Å². The van der Waals surface area contributed by atoms with Gasteiger partial charge in [0.05, 0.1) is 22.2 Å². The molecule has 2 rings (SSSR count). The maximum Gasteiger partial charge on any atom is 0.347 e. The second-order valence-corrected chi connectivity index (χ2v) is 6.08. The summed E-state index contributed by atoms with van der Waals surface area (Å²) in [6, 6.07) is 4.75. The van der Waals surface area contributed by atoms with Gasteiger partial charge in [-0.05, 0) is 25.1 Å². The Morgan fingerprint density at radius 2 is 2.05 bits per heavy atom. The third-order valence-corrected chi connectivity index (χ3v) is 4.43. The lowest BCUT2D eigenvalue weighted by Gasteiger charge is -2.05. The lowest BCUT2D eigenvalue weighted by atomic mass is 10.3. The summed E-state index contributed by atoms with van der Waals surface area (Å²) >= 11 is 12.6. The van der Waals surface area contributed by atoms with Gasteiger partial charge in [0.2, 0.25) is 5.91 Å². The van der Waals surface area contributed by atoms with E-state index in [1.165, 1.54) is 6.07 Å². The quantitative estimate of drug-likeness (QED) is 0.887. The number of carboxylic acid groups (broad SMARTS) is 1. The number of halogens is 2. The van der Waals surface area contributed by atoms with Crippen molar-refractivity contribution in [3.63, 3.8) is 0 Å². The second kappa shape index (κ2) is 6.43. The number of aromatic carboxylic acids is 1. The van der Waals surface area contributed by atoms with Gasteiger partial charge in [-0.1, -0.05) is 23.2 Å². The molecule has 2 aromatic rings. The Bertz CT molecular complexity index is 715. The molecule has 0 unspecified atom stereocenters. The standard InChI is InChI=1S/C13H10Cl2N2O3S/c1-6-12(13(19)20)21-11(16-6)5-10(18)17-7-2-3-8(14)9(15)4-7/h2-4H,5H2,1H3,(H,17,18)(H,19,20). The smallest absolute Gasteiger partial charge is 0.347 e. The molecule has 0 radical (unpaired) electrons. The molecule has 0 aliphatic rings. The average Bonchev–Trinajstić information content (AvgIpc) is 2.75. The maximum atomic E-state index is 11.9. The van der Waals surface area contributed by atoms with Crippen molar-refractivity contribution in [2.45, 2.75) is 13.3 Å². The van der Waals surface area contributed by atoms with E-state index in [1.54, 1.807) is 19.1 Å². The topological polar surface area (TPSA) is 79.3 Å².